The molecule has 2 heterocycles. The maximum Gasteiger partial charge on any atom is 0.416 e. The molecule has 1 fully saturated rings. The Morgan fingerprint density at radius 3 is 2.67 bits per heavy atom. The smallest absolute Gasteiger partial charge is 0.416 e. The van der Waals surface area contributed by atoms with Crippen LogP contribution in [0.2, 0.25) is 0 Å². The minimum Gasteiger partial charge on any atom is -0.457 e. The van der Waals surface area contributed by atoms with Crippen molar-refractivity contribution in [1.82, 2.24) is 14.8 Å². The molecule has 156 valence electrons. The van der Waals surface area contributed by atoms with Gasteiger partial charge in [-0.05, 0) is 31.0 Å². The largest absolute Gasteiger partial charge is 0.457 e. The number of rotatable bonds is 5. The second kappa shape index (κ2) is 8.27. The summed E-state index contributed by atoms with van der Waals surface area (Å²) >= 11 is 0. The maximum absolute atomic E-state index is 13.2. The molecule has 1 aromatic heterocycles. The molecule has 0 bridgehead atoms. The predicted octanol–water partition coefficient (Wildman–Crippen LogP) is 4.29. The summed E-state index contributed by atoms with van der Waals surface area (Å²) in [5.41, 5.74) is -0.0908. The first-order chi connectivity index (χ1) is 14.4. The SMILES string of the molecule is O=C(OCC1CCCO1)c1nc(-c2ccccc2)n(-c2cccc(C(F)(F)F)c2)n1. The van der Waals surface area contributed by atoms with Crippen molar-refractivity contribution in [3.05, 3.63) is 66.0 Å². The first-order valence-corrected chi connectivity index (χ1v) is 9.40. The Kier molecular flexibility index (Phi) is 5.54. The molecule has 0 N–H and O–H groups in total. The number of aromatic nitrogens is 3. The highest BCUT2D eigenvalue weighted by atomic mass is 19.4. The van der Waals surface area contributed by atoms with Crippen molar-refractivity contribution in [2.24, 2.45) is 0 Å². The Labute approximate surface area is 170 Å². The predicted molar refractivity (Wildman–Crippen MR) is 101 cm³/mol. The van der Waals surface area contributed by atoms with Crippen LogP contribution in [0.4, 0.5) is 13.2 Å². The molecule has 0 radical (unpaired) electrons. The third kappa shape index (κ3) is 4.35. The summed E-state index contributed by atoms with van der Waals surface area (Å²) in [7, 11) is 0. The van der Waals surface area contributed by atoms with Crippen LogP contribution in [0.15, 0.2) is 54.6 Å². The minimum atomic E-state index is -4.51. The van der Waals surface area contributed by atoms with Crippen molar-refractivity contribution in [3.8, 4) is 17.1 Å². The zero-order chi connectivity index (χ0) is 21.1. The Morgan fingerprint density at radius 2 is 1.97 bits per heavy atom. The van der Waals surface area contributed by atoms with Gasteiger partial charge < -0.3 is 9.47 Å². The summed E-state index contributed by atoms with van der Waals surface area (Å²) in [6.45, 7) is 0.709. The molecular formula is C21H18F3N3O3. The molecule has 30 heavy (non-hydrogen) atoms. The van der Waals surface area contributed by atoms with Gasteiger partial charge in [0.1, 0.15) is 6.61 Å². The summed E-state index contributed by atoms with van der Waals surface area (Å²) in [6.07, 6.45) is -2.96. The van der Waals surface area contributed by atoms with E-state index >= 15 is 0 Å². The summed E-state index contributed by atoms with van der Waals surface area (Å²) in [6, 6.07) is 13.5. The van der Waals surface area contributed by atoms with E-state index in [1.54, 1.807) is 30.3 Å². The van der Waals surface area contributed by atoms with E-state index in [-0.39, 0.29) is 30.0 Å². The highest BCUT2D eigenvalue weighted by molar-refractivity contribution is 5.86. The number of hydrogen-bond acceptors (Lipinski definition) is 5. The molecule has 1 aliphatic heterocycles. The van der Waals surface area contributed by atoms with Crippen molar-refractivity contribution in [1.29, 1.82) is 0 Å². The molecule has 3 aromatic rings. The van der Waals surface area contributed by atoms with Gasteiger partial charge in [-0.2, -0.15) is 13.2 Å². The molecule has 2 aromatic carbocycles. The van der Waals surface area contributed by atoms with E-state index in [4.69, 9.17) is 9.47 Å². The third-order valence-electron chi connectivity index (χ3n) is 4.66. The molecule has 1 aliphatic rings. The van der Waals surface area contributed by atoms with Gasteiger partial charge in [0.15, 0.2) is 5.82 Å². The summed E-state index contributed by atoms with van der Waals surface area (Å²) in [5.74, 6) is -0.753. The number of esters is 1. The van der Waals surface area contributed by atoms with E-state index in [9.17, 15) is 18.0 Å². The summed E-state index contributed by atoms with van der Waals surface area (Å²) < 4.78 is 51.4. The number of hydrogen-bond donors (Lipinski definition) is 0. The quantitative estimate of drug-likeness (QED) is 0.580. The Balaban J connectivity index is 1.69. The molecular weight excluding hydrogens is 399 g/mol. The van der Waals surface area contributed by atoms with Crippen molar-refractivity contribution in [3.63, 3.8) is 0 Å². The van der Waals surface area contributed by atoms with Crippen LogP contribution in [-0.2, 0) is 15.7 Å². The number of halogens is 3. The molecule has 1 unspecified atom stereocenters. The normalized spacial score (nSPS) is 16.6. The molecule has 0 amide bonds. The average molecular weight is 417 g/mol. The van der Waals surface area contributed by atoms with Crippen molar-refractivity contribution in [2.45, 2.75) is 25.1 Å². The standard InChI is InChI=1S/C21H18F3N3O3/c22-21(23,24)15-8-4-9-16(12-15)27-19(14-6-2-1-3-7-14)25-18(26-27)20(28)30-13-17-10-5-11-29-17/h1-4,6-9,12,17H,5,10-11,13H2. The van der Waals surface area contributed by atoms with Crippen LogP contribution in [0.3, 0.4) is 0 Å². The second-order valence-electron chi connectivity index (χ2n) is 6.82. The van der Waals surface area contributed by atoms with Crippen molar-refractivity contribution in [2.75, 3.05) is 13.2 Å². The fourth-order valence-electron chi connectivity index (χ4n) is 3.18. The monoisotopic (exact) mass is 417 g/mol. The zero-order valence-corrected chi connectivity index (χ0v) is 15.8. The van der Waals surface area contributed by atoms with E-state index in [2.05, 4.69) is 10.1 Å². The van der Waals surface area contributed by atoms with Gasteiger partial charge in [0, 0.05) is 12.2 Å². The lowest BCUT2D eigenvalue weighted by Crippen LogP contribution is -2.18. The lowest BCUT2D eigenvalue weighted by molar-refractivity contribution is -0.137. The zero-order valence-electron chi connectivity index (χ0n) is 15.8. The maximum atomic E-state index is 13.2. The van der Waals surface area contributed by atoms with Gasteiger partial charge in [0.25, 0.3) is 5.82 Å². The molecule has 9 heteroatoms. The molecule has 4 rings (SSSR count). The van der Waals surface area contributed by atoms with E-state index in [0.29, 0.717) is 12.2 Å². The first kappa shape index (κ1) is 20.1. The first-order valence-electron chi connectivity index (χ1n) is 9.40. The topological polar surface area (TPSA) is 66.2 Å². The molecule has 6 nitrogen and oxygen atoms in total. The number of carbonyl (C=O) groups is 1. The summed E-state index contributed by atoms with van der Waals surface area (Å²) in [5, 5.41) is 4.15. The van der Waals surface area contributed by atoms with Gasteiger partial charge in [0.05, 0.1) is 17.4 Å². The highest BCUT2D eigenvalue weighted by Gasteiger charge is 2.31. The van der Waals surface area contributed by atoms with E-state index in [0.717, 1.165) is 25.0 Å². The minimum absolute atomic E-state index is 0.0810. The Hall–Kier alpha value is -3.20. The molecule has 1 saturated heterocycles. The fourth-order valence-corrected chi connectivity index (χ4v) is 3.18. The van der Waals surface area contributed by atoms with Crippen LogP contribution in [0.5, 0.6) is 0 Å². The van der Waals surface area contributed by atoms with Gasteiger partial charge in [-0.25, -0.2) is 14.5 Å². The van der Waals surface area contributed by atoms with Crippen LogP contribution >= 0.6 is 0 Å². The third-order valence-corrected chi connectivity index (χ3v) is 4.66. The van der Waals surface area contributed by atoms with Crippen LogP contribution < -0.4 is 0 Å². The number of nitrogens with zero attached hydrogens (tertiary/aromatic N) is 3. The lowest BCUT2D eigenvalue weighted by atomic mass is 10.2. The van der Waals surface area contributed by atoms with Gasteiger partial charge >= 0.3 is 12.1 Å². The highest BCUT2D eigenvalue weighted by Crippen LogP contribution is 2.31. The van der Waals surface area contributed by atoms with E-state index in [1.165, 1.54) is 16.8 Å². The second-order valence-corrected chi connectivity index (χ2v) is 6.82. The van der Waals surface area contributed by atoms with Gasteiger partial charge in [0.2, 0.25) is 0 Å². The average Bonchev–Trinajstić information content (AvgIpc) is 3.42. The number of carbonyl (C=O) groups excluding carboxylic acids is 1. The Bertz CT molecular complexity index is 1030. The van der Waals surface area contributed by atoms with Gasteiger partial charge in [-0.3, -0.25) is 0 Å². The van der Waals surface area contributed by atoms with Crippen LogP contribution in [0.1, 0.15) is 29.0 Å². The number of ether oxygens (including phenoxy) is 2. The van der Waals surface area contributed by atoms with E-state index < -0.39 is 17.7 Å². The van der Waals surface area contributed by atoms with Crippen LogP contribution in [0, 0.1) is 0 Å². The molecule has 1 atom stereocenters. The summed E-state index contributed by atoms with van der Waals surface area (Å²) in [4.78, 5) is 16.7. The van der Waals surface area contributed by atoms with E-state index in [1.807, 2.05) is 0 Å². The van der Waals surface area contributed by atoms with Crippen molar-refractivity contribution < 1.29 is 27.4 Å². The number of alkyl halides is 3. The Morgan fingerprint density at radius 1 is 1.17 bits per heavy atom. The molecule has 0 saturated carbocycles. The fraction of sp³-hybridized carbons (Fsp3) is 0.286. The van der Waals surface area contributed by atoms with Crippen LogP contribution in [-0.4, -0.2) is 40.1 Å². The molecule has 0 spiro atoms. The molecule has 0 aliphatic carbocycles. The lowest BCUT2D eigenvalue weighted by Gasteiger charge is -2.10. The van der Waals surface area contributed by atoms with Crippen molar-refractivity contribution >= 4 is 5.97 Å². The van der Waals surface area contributed by atoms with Gasteiger partial charge in [-0.1, -0.05) is 36.4 Å². The van der Waals surface area contributed by atoms with Crippen LogP contribution in [0.25, 0.3) is 17.1 Å². The number of benzene rings is 2. The van der Waals surface area contributed by atoms with Gasteiger partial charge in [-0.15, -0.1) is 5.10 Å².